The Kier molecular flexibility index (Phi) is 5.31. The molecule has 13 heavy (non-hydrogen) atoms. The number of hydrogen-bond donors (Lipinski definition) is 1. The number of allylic oxidation sites excluding steroid dienone is 1. The van der Waals surface area contributed by atoms with Gasteiger partial charge in [0.2, 0.25) is 0 Å². The lowest BCUT2D eigenvalue weighted by Gasteiger charge is -2.28. The van der Waals surface area contributed by atoms with Gasteiger partial charge in [-0.15, -0.1) is 6.58 Å². The van der Waals surface area contributed by atoms with Crippen LogP contribution in [0.25, 0.3) is 0 Å². The predicted molar refractivity (Wildman–Crippen MR) is 61.0 cm³/mol. The van der Waals surface area contributed by atoms with Gasteiger partial charge in [0.05, 0.1) is 0 Å². The van der Waals surface area contributed by atoms with E-state index < -0.39 is 0 Å². The molecule has 0 aliphatic heterocycles. The van der Waals surface area contributed by atoms with Gasteiger partial charge in [-0.25, -0.2) is 0 Å². The van der Waals surface area contributed by atoms with Crippen molar-refractivity contribution in [2.45, 2.75) is 65.5 Å². The molecule has 0 aliphatic carbocycles. The second-order valence-electron chi connectivity index (χ2n) is 5.00. The summed E-state index contributed by atoms with van der Waals surface area (Å²) in [6, 6.07) is 0.636. The summed E-state index contributed by atoms with van der Waals surface area (Å²) >= 11 is 0. The molecule has 0 aromatic heterocycles. The second kappa shape index (κ2) is 5.43. The van der Waals surface area contributed by atoms with Gasteiger partial charge in [-0.3, -0.25) is 0 Å². The SMILES string of the molecule is C=C(C)CCC(CC)NC(C)(C)C. The van der Waals surface area contributed by atoms with Crippen LogP contribution in [0.5, 0.6) is 0 Å². The van der Waals surface area contributed by atoms with Crippen LogP contribution in [0.4, 0.5) is 0 Å². The summed E-state index contributed by atoms with van der Waals surface area (Å²) < 4.78 is 0. The standard InChI is InChI=1S/C12H25N/c1-7-11(9-8-10(2)3)13-12(4,5)6/h11,13H,2,7-9H2,1,3-6H3. The molecule has 0 heterocycles. The molecule has 1 N–H and O–H groups in total. The molecular weight excluding hydrogens is 158 g/mol. The second-order valence-corrected chi connectivity index (χ2v) is 5.00. The van der Waals surface area contributed by atoms with E-state index in [9.17, 15) is 0 Å². The maximum absolute atomic E-state index is 3.93. The first-order valence-corrected chi connectivity index (χ1v) is 5.27. The Morgan fingerprint density at radius 1 is 1.38 bits per heavy atom. The molecule has 0 spiro atoms. The average Bonchev–Trinajstić information content (AvgIpc) is 1.95. The van der Waals surface area contributed by atoms with E-state index in [4.69, 9.17) is 0 Å². The lowest BCUT2D eigenvalue weighted by Crippen LogP contribution is -2.43. The van der Waals surface area contributed by atoms with Crippen LogP contribution in [-0.4, -0.2) is 11.6 Å². The molecule has 0 rings (SSSR count). The summed E-state index contributed by atoms with van der Waals surface area (Å²) in [6.07, 6.45) is 3.55. The highest BCUT2D eigenvalue weighted by atomic mass is 15.0. The quantitative estimate of drug-likeness (QED) is 0.643. The van der Waals surface area contributed by atoms with Crippen molar-refractivity contribution < 1.29 is 0 Å². The van der Waals surface area contributed by atoms with Gasteiger partial charge >= 0.3 is 0 Å². The van der Waals surface area contributed by atoms with Crippen molar-refractivity contribution in [3.05, 3.63) is 12.2 Å². The Bertz CT molecular complexity index is 153. The van der Waals surface area contributed by atoms with Gasteiger partial charge < -0.3 is 5.32 Å². The van der Waals surface area contributed by atoms with Crippen molar-refractivity contribution in [3.8, 4) is 0 Å². The van der Waals surface area contributed by atoms with Gasteiger partial charge in [0, 0.05) is 11.6 Å². The van der Waals surface area contributed by atoms with E-state index in [0.29, 0.717) is 6.04 Å². The molecule has 0 saturated carbocycles. The monoisotopic (exact) mass is 183 g/mol. The van der Waals surface area contributed by atoms with Gasteiger partial charge in [0.1, 0.15) is 0 Å². The van der Waals surface area contributed by atoms with E-state index in [2.05, 4.69) is 46.5 Å². The first-order chi connectivity index (χ1) is 5.85. The minimum absolute atomic E-state index is 0.232. The summed E-state index contributed by atoms with van der Waals surface area (Å²) in [5.74, 6) is 0. The van der Waals surface area contributed by atoms with Crippen LogP contribution in [-0.2, 0) is 0 Å². The minimum atomic E-state index is 0.232. The van der Waals surface area contributed by atoms with Gasteiger partial charge in [-0.1, -0.05) is 12.5 Å². The number of rotatable bonds is 5. The Balaban J connectivity index is 3.83. The van der Waals surface area contributed by atoms with Crippen molar-refractivity contribution in [1.29, 1.82) is 0 Å². The van der Waals surface area contributed by atoms with E-state index in [1.165, 1.54) is 18.4 Å². The van der Waals surface area contributed by atoms with E-state index in [-0.39, 0.29) is 5.54 Å². The fraction of sp³-hybridized carbons (Fsp3) is 0.833. The molecule has 0 aliphatic rings. The van der Waals surface area contributed by atoms with Crippen LogP contribution in [0.15, 0.2) is 12.2 Å². The summed E-state index contributed by atoms with van der Waals surface area (Å²) in [4.78, 5) is 0. The molecule has 0 aromatic rings. The van der Waals surface area contributed by atoms with Gasteiger partial charge in [-0.05, 0) is 47.0 Å². The first kappa shape index (κ1) is 12.7. The van der Waals surface area contributed by atoms with Crippen molar-refractivity contribution >= 4 is 0 Å². The van der Waals surface area contributed by atoms with Crippen LogP contribution < -0.4 is 5.32 Å². The molecule has 0 bridgehead atoms. The van der Waals surface area contributed by atoms with Gasteiger partial charge in [0.15, 0.2) is 0 Å². The Labute approximate surface area is 83.6 Å². The van der Waals surface area contributed by atoms with Crippen LogP contribution in [0.2, 0.25) is 0 Å². The lowest BCUT2D eigenvalue weighted by atomic mass is 10.0. The molecule has 0 amide bonds. The summed E-state index contributed by atoms with van der Waals surface area (Å²) in [5.41, 5.74) is 1.52. The Hall–Kier alpha value is -0.300. The molecule has 1 nitrogen and oxygen atoms in total. The number of hydrogen-bond acceptors (Lipinski definition) is 1. The third-order valence-corrected chi connectivity index (χ3v) is 2.05. The lowest BCUT2D eigenvalue weighted by molar-refractivity contribution is 0.338. The smallest absolute Gasteiger partial charge is 0.00990 e. The van der Waals surface area contributed by atoms with Crippen molar-refractivity contribution in [3.63, 3.8) is 0 Å². The fourth-order valence-corrected chi connectivity index (χ4v) is 1.41. The molecule has 1 heteroatoms. The maximum atomic E-state index is 3.93. The highest BCUT2D eigenvalue weighted by molar-refractivity contribution is 4.90. The van der Waals surface area contributed by atoms with E-state index in [1.54, 1.807) is 0 Å². The number of nitrogens with one attached hydrogen (secondary N) is 1. The maximum Gasteiger partial charge on any atom is 0.00990 e. The third kappa shape index (κ3) is 8.04. The predicted octanol–water partition coefficient (Wildman–Crippen LogP) is 3.51. The zero-order valence-electron chi connectivity index (χ0n) is 9.91. The molecule has 0 fully saturated rings. The molecule has 0 aromatic carbocycles. The third-order valence-electron chi connectivity index (χ3n) is 2.05. The van der Waals surface area contributed by atoms with Crippen LogP contribution >= 0.6 is 0 Å². The highest BCUT2D eigenvalue weighted by Gasteiger charge is 2.14. The van der Waals surface area contributed by atoms with Gasteiger partial charge in [-0.2, -0.15) is 0 Å². The molecule has 0 radical (unpaired) electrons. The summed E-state index contributed by atoms with van der Waals surface area (Å²) in [6.45, 7) is 14.9. The summed E-state index contributed by atoms with van der Waals surface area (Å²) in [5, 5.41) is 3.62. The average molecular weight is 183 g/mol. The van der Waals surface area contributed by atoms with Crippen LogP contribution in [0, 0.1) is 0 Å². The molecule has 78 valence electrons. The Morgan fingerprint density at radius 2 is 1.92 bits per heavy atom. The van der Waals surface area contributed by atoms with Crippen molar-refractivity contribution in [1.82, 2.24) is 5.32 Å². The molecule has 0 saturated heterocycles. The van der Waals surface area contributed by atoms with E-state index >= 15 is 0 Å². The van der Waals surface area contributed by atoms with Crippen molar-refractivity contribution in [2.24, 2.45) is 0 Å². The van der Waals surface area contributed by atoms with Gasteiger partial charge in [0.25, 0.3) is 0 Å². The van der Waals surface area contributed by atoms with Crippen LogP contribution in [0.1, 0.15) is 53.9 Å². The van der Waals surface area contributed by atoms with E-state index in [0.717, 1.165) is 6.42 Å². The zero-order chi connectivity index (χ0) is 10.5. The minimum Gasteiger partial charge on any atom is -0.309 e. The Morgan fingerprint density at radius 3 is 2.23 bits per heavy atom. The largest absolute Gasteiger partial charge is 0.309 e. The highest BCUT2D eigenvalue weighted by Crippen LogP contribution is 2.11. The fourth-order valence-electron chi connectivity index (χ4n) is 1.41. The molecule has 1 atom stereocenters. The topological polar surface area (TPSA) is 12.0 Å². The molecule has 1 unspecified atom stereocenters. The van der Waals surface area contributed by atoms with Crippen LogP contribution in [0.3, 0.4) is 0 Å². The zero-order valence-corrected chi connectivity index (χ0v) is 9.91. The first-order valence-electron chi connectivity index (χ1n) is 5.27. The summed E-state index contributed by atoms with van der Waals surface area (Å²) in [7, 11) is 0. The van der Waals surface area contributed by atoms with Crippen molar-refractivity contribution in [2.75, 3.05) is 0 Å². The molecular formula is C12H25N. The van der Waals surface area contributed by atoms with E-state index in [1.807, 2.05) is 0 Å². The normalized spacial score (nSPS) is 14.2.